The Balaban J connectivity index is 1.46. The summed E-state index contributed by atoms with van der Waals surface area (Å²) in [6, 6.07) is 6.90. The Morgan fingerprint density at radius 1 is 1.17 bits per heavy atom. The molecule has 0 unspecified atom stereocenters. The van der Waals surface area contributed by atoms with Crippen molar-refractivity contribution >= 4 is 11.8 Å². The number of piperidine rings is 1. The highest BCUT2D eigenvalue weighted by Gasteiger charge is 2.49. The number of benzene rings is 1. The molecule has 158 valence electrons. The van der Waals surface area contributed by atoms with E-state index in [1.807, 2.05) is 12.1 Å². The summed E-state index contributed by atoms with van der Waals surface area (Å²) in [6.45, 7) is 3.66. The van der Waals surface area contributed by atoms with Gasteiger partial charge in [-0.25, -0.2) is 4.39 Å². The van der Waals surface area contributed by atoms with Gasteiger partial charge in [0, 0.05) is 57.1 Å². The highest BCUT2D eigenvalue weighted by Crippen LogP contribution is 2.44. The molecule has 0 bridgehead atoms. The van der Waals surface area contributed by atoms with E-state index in [4.69, 9.17) is 4.74 Å². The van der Waals surface area contributed by atoms with Crippen molar-refractivity contribution in [1.29, 1.82) is 0 Å². The van der Waals surface area contributed by atoms with Crippen LogP contribution in [0.4, 0.5) is 4.39 Å². The molecule has 2 aliphatic heterocycles. The number of carbonyl (C=O) groups excluding carboxylic acids is 2. The smallest absolute Gasteiger partial charge is 0.234 e. The Labute approximate surface area is 171 Å². The van der Waals surface area contributed by atoms with Crippen molar-refractivity contribution < 1.29 is 18.7 Å². The van der Waals surface area contributed by atoms with Gasteiger partial charge in [0.1, 0.15) is 5.82 Å². The predicted molar refractivity (Wildman–Crippen MR) is 107 cm³/mol. The quantitative estimate of drug-likeness (QED) is 0.703. The Bertz CT molecular complexity index is 737. The van der Waals surface area contributed by atoms with Crippen LogP contribution in [0.2, 0.25) is 0 Å². The van der Waals surface area contributed by atoms with E-state index in [2.05, 4.69) is 15.1 Å². The molecule has 0 aromatic heterocycles. The second-order valence-electron chi connectivity index (χ2n) is 8.52. The first-order valence-corrected chi connectivity index (χ1v) is 10.6. The normalized spacial score (nSPS) is 27.0. The lowest BCUT2D eigenvalue weighted by molar-refractivity contribution is -0.134. The average molecular weight is 403 g/mol. The molecule has 29 heavy (non-hydrogen) atoms. The summed E-state index contributed by atoms with van der Waals surface area (Å²) in [4.78, 5) is 29.4. The van der Waals surface area contributed by atoms with Gasteiger partial charge in [-0.1, -0.05) is 12.1 Å². The van der Waals surface area contributed by atoms with Crippen LogP contribution in [-0.4, -0.2) is 74.1 Å². The minimum Gasteiger partial charge on any atom is -0.383 e. The first-order valence-electron chi connectivity index (χ1n) is 10.6. The van der Waals surface area contributed by atoms with E-state index in [-0.39, 0.29) is 41.4 Å². The van der Waals surface area contributed by atoms with Gasteiger partial charge in [0.15, 0.2) is 0 Å². The van der Waals surface area contributed by atoms with Gasteiger partial charge >= 0.3 is 0 Å². The third-order valence-electron chi connectivity index (χ3n) is 6.52. The molecule has 1 aromatic carbocycles. The van der Waals surface area contributed by atoms with E-state index in [1.165, 1.54) is 12.1 Å². The van der Waals surface area contributed by atoms with Crippen LogP contribution in [-0.2, 0) is 14.3 Å². The van der Waals surface area contributed by atoms with Gasteiger partial charge < -0.3 is 15.0 Å². The van der Waals surface area contributed by atoms with Crippen molar-refractivity contribution in [2.75, 3.05) is 46.4 Å². The molecular weight excluding hydrogens is 373 g/mol. The van der Waals surface area contributed by atoms with Crippen LogP contribution in [0.25, 0.3) is 0 Å². The van der Waals surface area contributed by atoms with E-state index in [9.17, 15) is 14.0 Å². The van der Waals surface area contributed by atoms with Crippen molar-refractivity contribution in [3.63, 3.8) is 0 Å². The topological polar surface area (TPSA) is 61.9 Å². The van der Waals surface area contributed by atoms with Crippen molar-refractivity contribution in [1.82, 2.24) is 15.1 Å². The standard InChI is InChI=1S/C22H30FN3O3/c1-29-11-9-24-21(27)14-25-10-8-20-19(12-25)18(15-4-6-17(23)7-5-15)13-26(20)22(28)16-2-3-16/h4-7,16,18-20H,2-3,8-14H2,1H3,(H,24,27)/t18-,19-,20-/m1/s1. The van der Waals surface area contributed by atoms with E-state index < -0.39 is 0 Å². The largest absolute Gasteiger partial charge is 0.383 e. The predicted octanol–water partition coefficient (Wildman–Crippen LogP) is 1.61. The Hall–Kier alpha value is -1.99. The fraction of sp³-hybridized carbons (Fsp3) is 0.636. The van der Waals surface area contributed by atoms with Crippen LogP contribution in [0.3, 0.4) is 0 Å². The molecule has 1 N–H and O–H groups in total. The number of hydrogen-bond donors (Lipinski definition) is 1. The molecule has 1 aliphatic carbocycles. The first kappa shape index (κ1) is 20.3. The summed E-state index contributed by atoms with van der Waals surface area (Å²) in [5.41, 5.74) is 1.08. The fourth-order valence-electron chi connectivity index (χ4n) is 4.88. The second-order valence-corrected chi connectivity index (χ2v) is 8.52. The third kappa shape index (κ3) is 4.61. The number of hydrogen-bond acceptors (Lipinski definition) is 4. The number of rotatable bonds is 7. The average Bonchev–Trinajstić information content (AvgIpc) is 3.50. The van der Waals surface area contributed by atoms with Crippen LogP contribution in [0, 0.1) is 17.7 Å². The fourth-order valence-corrected chi connectivity index (χ4v) is 4.88. The number of ether oxygens (including phenoxy) is 1. The van der Waals surface area contributed by atoms with Crippen LogP contribution >= 0.6 is 0 Å². The summed E-state index contributed by atoms with van der Waals surface area (Å²) >= 11 is 0. The molecule has 0 radical (unpaired) electrons. The molecule has 3 fully saturated rings. The molecule has 0 spiro atoms. The van der Waals surface area contributed by atoms with Crippen LogP contribution in [0.15, 0.2) is 24.3 Å². The van der Waals surface area contributed by atoms with Crippen molar-refractivity contribution in [2.45, 2.75) is 31.2 Å². The zero-order chi connectivity index (χ0) is 20.4. The minimum atomic E-state index is -0.243. The van der Waals surface area contributed by atoms with Crippen molar-refractivity contribution in [2.24, 2.45) is 11.8 Å². The van der Waals surface area contributed by atoms with E-state index in [0.29, 0.717) is 26.2 Å². The molecule has 1 aromatic rings. The molecule has 2 saturated heterocycles. The van der Waals surface area contributed by atoms with Crippen LogP contribution in [0.1, 0.15) is 30.7 Å². The number of fused-ring (bicyclic) bond motifs is 1. The first-order chi connectivity index (χ1) is 14.1. The van der Waals surface area contributed by atoms with E-state index >= 15 is 0 Å². The molecule has 1 saturated carbocycles. The van der Waals surface area contributed by atoms with E-state index in [0.717, 1.165) is 37.9 Å². The summed E-state index contributed by atoms with van der Waals surface area (Å²) in [7, 11) is 1.61. The van der Waals surface area contributed by atoms with Crippen molar-refractivity contribution in [3.05, 3.63) is 35.6 Å². The SMILES string of the molecule is COCCNC(=O)CN1CC[C@@H]2[C@H](C1)[C@@H](c1ccc(F)cc1)CN2C(=O)C1CC1. The Morgan fingerprint density at radius 3 is 2.62 bits per heavy atom. The Kier molecular flexibility index (Phi) is 6.15. The number of halogens is 1. The number of likely N-dealkylation sites (tertiary alicyclic amines) is 2. The molecule has 2 heterocycles. The monoisotopic (exact) mass is 403 g/mol. The maximum Gasteiger partial charge on any atom is 0.234 e. The highest BCUT2D eigenvalue weighted by atomic mass is 19.1. The van der Waals surface area contributed by atoms with Gasteiger partial charge in [-0.05, 0) is 37.0 Å². The zero-order valence-electron chi connectivity index (χ0n) is 17.0. The maximum absolute atomic E-state index is 13.4. The molecule has 4 rings (SSSR count). The van der Waals surface area contributed by atoms with E-state index in [1.54, 1.807) is 7.11 Å². The molecule has 3 aliphatic rings. The zero-order valence-corrected chi connectivity index (χ0v) is 17.0. The van der Waals surface area contributed by atoms with Gasteiger partial charge in [-0.15, -0.1) is 0 Å². The summed E-state index contributed by atoms with van der Waals surface area (Å²) < 4.78 is 18.4. The number of nitrogens with zero attached hydrogens (tertiary/aromatic N) is 2. The van der Waals surface area contributed by atoms with Gasteiger partial charge in [0.2, 0.25) is 11.8 Å². The second kappa shape index (κ2) is 8.79. The van der Waals surface area contributed by atoms with Gasteiger partial charge in [0.25, 0.3) is 0 Å². The minimum absolute atomic E-state index is 0.00254. The van der Waals surface area contributed by atoms with Crippen LogP contribution in [0.5, 0.6) is 0 Å². The number of methoxy groups -OCH3 is 1. The van der Waals surface area contributed by atoms with Gasteiger partial charge in [-0.2, -0.15) is 0 Å². The lowest BCUT2D eigenvalue weighted by Gasteiger charge is -2.38. The Morgan fingerprint density at radius 2 is 1.93 bits per heavy atom. The highest BCUT2D eigenvalue weighted by molar-refractivity contribution is 5.82. The molecular formula is C22H30FN3O3. The molecule has 2 amide bonds. The van der Waals surface area contributed by atoms with Gasteiger partial charge in [0.05, 0.1) is 13.2 Å². The summed E-state index contributed by atoms with van der Waals surface area (Å²) in [5.74, 6) is 0.698. The lowest BCUT2D eigenvalue weighted by Crippen LogP contribution is -2.50. The van der Waals surface area contributed by atoms with Crippen molar-refractivity contribution in [3.8, 4) is 0 Å². The molecule has 6 nitrogen and oxygen atoms in total. The number of nitrogens with one attached hydrogen (secondary N) is 1. The third-order valence-corrected chi connectivity index (χ3v) is 6.52. The van der Waals surface area contributed by atoms with Gasteiger partial charge in [-0.3, -0.25) is 14.5 Å². The summed E-state index contributed by atoms with van der Waals surface area (Å²) in [5, 5.41) is 2.88. The van der Waals surface area contributed by atoms with Crippen LogP contribution < -0.4 is 5.32 Å². The molecule has 7 heteroatoms. The maximum atomic E-state index is 13.4. The number of carbonyl (C=O) groups is 2. The molecule has 3 atom stereocenters. The summed E-state index contributed by atoms with van der Waals surface area (Å²) in [6.07, 6.45) is 2.88. The number of amides is 2. The lowest BCUT2D eigenvalue weighted by atomic mass is 9.82.